The second-order valence-electron chi connectivity index (χ2n) is 1.14. The van der Waals surface area contributed by atoms with Crippen LogP contribution in [-0.4, -0.2) is 24.3 Å². The maximum atomic E-state index is 11.7. The molecule has 5 nitrogen and oxygen atoms in total. The van der Waals surface area contributed by atoms with E-state index in [1.165, 1.54) is 0 Å². The maximum Gasteiger partial charge on any atom is 0.445 e. The second-order valence-corrected chi connectivity index (χ2v) is 1.14. The first-order valence-electron chi connectivity index (χ1n) is 1.95. The Morgan fingerprint density at radius 1 is 1.89 bits per heavy atom. The highest BCUT2D eigenvalue weighted by Crippen LogP contribution is 1.92. The van der Waals surface area contributed by atoms with E-state index in [1.54, 1.807) is 0 Å². The Morgan fingerprint density at radius 3 is 2.44 bits per heavy atom. The minimum atomic E-state index is -2.75. The molecule has 0 amide bonds. The number of halogens is 1. The van der Waals surface area contributed by atoms with Crippen molar-refractivity contribution in [2.45, 2.75) is 6.30 Å². The van der Waals surface area contributed by atoms with Gasteiger partial charge in [0.2, 0.25) is 0 Å². The molecule has 0 saturated carbocycles. The number of alkyl halides is 1. The molecular formula is C3H4FNO4. The summed E-state index contributed by atoms with van der Waals surface area (Å²) in [4.78, 5) is 18.0. The number of hydrogen-bond acceptors (Lipinski definition) is 4. The summed E-state index contributed by atoms with van der Waals surface area (Å²) in [5, 5.41) is 9.43. The largest absolute Gasteiger partial charge is 0.462 e. The number of rotatable bonds is 2. The molecule has 52 valence electrons. The number of nitro groups is 1. The van der Waals surface area contributed by atoms with E-state index < -0.39 is 17.2 Å². The van der Waals surface area contributed by atoms with Crippen molar-refractivity contribution in [3.05, 3.63) is 10.1 Å². The summed E-state index contributed by atoms with van der Waals surface area (Å²) in [6.45, 7) is 0. The zero-order valence-electron chi connectivity index (χ0n) is 4.54. The predicted octanol–water partition coefficient (Wildman–Crippen LogP) is -0.268. The van der Waals surface area contributed by atoms with Crippen molar-refractivity contribution in [1.29, 1.82) is 0 Å². The quantitative estimate of drug-likeness (QED) is 0.227. The number of nitrogens with zero attached hydrogens (tertiary/aromatic N) is 1. The lowest BCUT2D eigenvalue weighted by Gasteiger charge is -1.94. The van der Waals surface area contributed by atoms with Crippen molar-refractivity contribution < 1.29 is 18.8 Å². The van der Waals surface area contributed by atoms with Crippen LogP contribution in [0.3, 0.4) is 0 Å². The molecule has 0 rings (SSSR count). The van der Waals surface area contributed by atoms with Gasteiger partial charge in [0.25, 0.3) is 0 Å². The van der Waals surface area contributed by atoms with Crippen LogP contribution in [0.2, 0.25) is 0 Å². The molecule has 0 heterocycles. The Hall–Kier alpha value is -1.20. The highest BCUT2D eigenvalue weighted by atomic mass is 19.1. The van der Waals surface area contributed by atoms with Crippen LogP contribution in [0.1, 0.15) is 0 Å². The molecule has 0 aliphatic carbocycles. The molecule has 0 aliphatic heterocycles. The average Bonchev–Trinajstić information content (AvgIpc) is 1.84. The van der Waals surface area contributed by atoms with Crippen LogP contribution < -0.4 is 0 Å². The van der Waals surface area contributed by atoms with E-state index in [4.69, 9.17) is 0 Å². The maximum absolute atomic E-state index is 11.7. The van der Waals surface area contributed by atoms with Gasteiger partial charge in [-0.2, -0.15) is 4.39 Å². The van der Waals surface area contributed by atoms with Gasteiger partial charge in [0.1, 0.15) is 0 Å². The van der Waals surface area contributed by atoms with E-state index in [1.807, 2.05) is 0 Å². The minimum Gasteiger partial charge on any atom is -0.462 e. The Kier molecular flexibility index (Phi) is 2.56. The summed E-state index contributed by atoms with van der Waals surface area (Å²) in [6, 6.07) is 0. The highest BCUT2D eigenvalue weighted by molar-refractivity contribution is 5.72. The van der Waals surface area contributed by atoms with E-state index in [9.17, 15) is 19.3 Å². The van der Waals surface area contributed by atoms with Gasteiger partial charge in [-0.25, -0.2) is 4.79 Å². The summed E-state index contributed by atoms with van der Waals surface area (Å²) >= 11 is 0. The topological polar surface area (TPSA) is 69.4 Å². The van der Waals surface area contributed by atoms with Gasteiger partial charge in [-0.1, -0.05) is 0 Å². The van der Waals surface area contributed by atoms with E-state index in [0.717, 1.165) is 7.11 Å². The van der Waals surface area contributed by atoms with Crippen LogP contribution in [0.25, 0.3) is 0 Å². The average molecular weight is 137 g/mol. The fourth-order valence-corrected chi connectivity index (χ4v) is 0.183. The van der Waals surface area contributed by atoms with Crippen molar-refractivity contribution in [2.24, 2.45) is 0 Å². The zero-order valence-corrected chi connectivity index (χ0v) is 4.54. The van der Waals surface area contributed by atoms with Gasteiger partial charge in [-0.3, -0.25) is 10.1 Å². The molecule has 0 aromatic rings. The van der Waals surface area contributed by atoms with Gasteiger partial charge in [-0.15, -0.1) is 0 Å². The van der Waals surface area contributed by atoms with Crippen LogP contribution in [0.5, 0.6) is 0 Å². The molecule has 1 atom stereocenters. The van der Waals surface area contributed by atoms with Crippen molar-refractivity contribution in [2.75, 3.05) is 7.11 Å². The Morgan fingerprint density at radius 2 is 2.33 bits per heavy atom. The normalized spacial score (nSPS) is 12.2. The number of methoxy groups -OCH3 is 1. The molecule has 0 saturated heterocycles. The molecule has 0 aromatic heterocycles. The minimum absolute atomic E-state index is 0.873. The van der Waals surface area contributed by atoms with Gasteiger partial charge in [-0.05, 0) is 0 Å². The predicted molar refractivity (Wildman–Crippen MR) is 23.9 cm³/mol. The molecule has 9 heavy (non-hydrogen) atoms. The van der Waals surface area contributed by atoms with Gasteiger partial charge in [0, 0.05) is 0 Å². The molecule has 1 unspecified atom stereocenters. The molecule has 0 radical (unpaired) electrons. The van der Waals surface area contributed by atoms with Gasteiger partial charge >= 0.3 is 12.3 Å². The number of hydrogen-bond donors (Lipinski definition) is 0. The lowest BCUT2D eigenvalue weighted by Crippen LogP contribution is -2.25. The SMILES string of the molecule is COC(=O)C(F)[N+](=O)[O-]. The van der Waals surface area contributed by atoms with Crippen molar-refractivity contribution in [3.8, 4) is 0 Å². The third-order valence-electron chi connectivity index (χ3n) is 0.581. The lowest BCUT2D eigenvalue weighted by atomic mass is 10.6. The molecule has 6 heteroatoms. The summed E-state index contributed by atoms with van der Waals surface area (Å²) in [6.07, 6.45) is -2.75. The fraction of sp³-hybridized carbons (Fsp3) is 0.667. The molecule has 0 fully saturated rings. The first kappa shape index (κ1) is 7.80. The lowest BCUT2D eigenvalue weighted by molar-refractivity contribution is -0.539. The Bertz CT molecular complexity index is 136. The smallest absolute Gasteiger partial charge is 0.445 e. The summed E-state index contributed by atoms with van der Waals surface area (Å²) in [5.41, 5.74) is 0. The van der Waals surface area contributed by atoms with Crippen LogP contribution in [-0.2, 0) is 9.53 Å². The first-order chi connectivity index (χ1) is 4.09. The van der Waals surface area contributed by atoms with E-state index in [2.05, 4.69) is 4.74 Å². The number of esters is 1. The van der Waals surface area contributed by atoms with E-state index in [0.29, 0.717) is 0 Å². The molecule has 0 N–H and O–H groups in total. The Balaban J connectivity index is 3.88. The summed E-state index contributed by atoms with van der Waals surface area (Å²) in [7, 11) is 0.873. The standard InChI is InChI=1S/C3H4FNO4/c1-9-3(6)2(4)5(7)8/h2H,1H3. The Labute approximate surface area is 49.6 Å². The number of carbonyl (C=O) groups is 1. The van der Waals surface area contributed by atoms with Crippen molar-refractivity contribution >= 4 is 5.97 Å². The van der Waals surface area contributed by atoms with Crippen molar-refractivity contribution in [3.63, 3.8) is 0 Å². The van der Waals surface area contributed by atoms with Gasteiger partial charge in [0.05, 0.1) is 12.0 Å². The molecule has 0 bridgehead atoms. The molecular weight excluding hydrogens is 133 g/mol. The van der Waals surface area contributed by atoms with Crippen LogP contribution in [0, 0.1) is 10.1 Å². The highest BCUT2D eigenvalue weighted by Gasteiger charge is 2.29. The third kappa shape index (κ3) is 2.02. The molecule has 0 aliphatic rings. The van der Waals surface area contributed by atoms with Gasteiger partial charge in [0.15, 0.2) is 0 Å². The zero-order chi connectivity index (χ0) is 7.44. The molecule has 0 aromatic carbocycles. The van der Waals surface area contributed by atoms with E-state index >= 15 is 0 Å². The van der Waals surface area contributed by atoms with Gasteiger partial charge < -0.3 is 4.74 Å². The first-order valence-corrected chi connectivity index (χ1v) is 1.95. The van der Waals surface area contributed by atoms with Crippen LogP contribution >= 0.6 is 0 Å². The monoisotopic (exact) mass is 137 g/mol. The third-order valence-corrected chi connectivity index (χ3v) is 0.581. The van der Waals surface area contributed by atoms with Crippen LogP contribution in [0.15, 0.2) is 0 Å². The van der Waals surface area contributed by atoms with Crippen molar-refractivity contribution in [1.82, 2.24) is 0 Å². The van der Waals surface area contributed by atoms with Crippen LogP contribution in [0.4, 0.5) is 4.39 Å². The molecule has 0 spiro atoms. The number of ether oxygens (including phenoxy) is 1. The van der Waals surface area contributed by atoms with E-state index in [-0.39, 0.29) is 0 Å². The fourth-order valence-electron chi connectivity index (χ4n) is 0.183. The number of carbonyl (C=O) groups excluding carboxylic acids is 1. The summed E-state index contributed by atoms with van der Waals surface area (Å²) < 4.78 is 15.5. The second kappa shape index (κ2) is 2.95. The summed E-state index contributed by atoms with van der Waals surface area (Å²) in [5.74, 6) is -1.49.